The molecule has 5 nitrogen and oxygen atoms in total. The van der Waals surface area contributed by atoms with Gasteiger partial charge in [-0.3, -0.25) is 9.69 Å². The summed E-state index contributed by atoms with van der Waals surface area (Å²) in [5, 5.41) is 0. The summed E-state index contributed by atoms with van der Waals surface area (Å²) in [6, 6.07) is 0.853. The van der Waals surface area contributed by atoms with Gasteiger partial charge < -0.3 is 15.4 Å². The number of esters is 1. The quantitative estimate of drug-likeness (QED) is 0.740. The van der Waals surface area contributed by atoms with Crippen LogP contribution >= 0.6 is 0 Å². The molecule has 5 heteroatoms. The van der Waals surface area contributed by atoms with Crippen molar-refractivity contribution in [3.63, 3.8) is 0 Å². The van der Waals surface area contributed by atoms with Crippen molar-refractivity contribution in [2.45, 2.75) is 44.8 Å². The molecule has 0 bridgehead atoms. The first-order chi connectivity index (χ1) is 8.69. The van der Waals surface area contributed by atoms with Crippen LogP contribution in [0.15, 0.2) is 0 Å². The number of ether oxygens (including phenoxy) is 1. The van der Waals surface area contributed by atoms with E-state index in [2.05, 4.69) is 37.7 Å². The number of carbonyl (C=O) groups excluding carboxylic acids is 1. The summed E-state index contributed by atoms with van der Waals surface area (Å²) in [4.78, 5) is 16.3. The van der Waals surface area contributed by atoms with E-state index in [1.165, 1.54) is 7.11 Å². The molecule has 1 heterocycles. The van der Waals surface area contributed by atoms with Crippen LogP contribution in [0.5, 0.6) is 0 Å². The number of carbonyl (C=O) groups is 1. The highest BCUT2D eigenvalue weighted by Gasteiger charge is 2.37. The van der Waals surface area contributed by atoms with Crippen molar-refractivity contribution in [1.82, 2.24) is 9.80 Å². The number of likely N-dealkylation sites (N-methyl/N-ethyl adjacent to an activating group) is 1. The Labute approximate surface area is 117 Å². The molecule has 19 heavy (non-hydrogen) atoms. The first-order valence-electron chi connectivity index (χ1n) is 6.96. The summed E-state index contributed by atoms with van der Waals surface area (Å²) >= 11 is 0. The molecule has 4 unspecified atom stereocenters. The number of hydrogen-bond acceptors (Lipinski definition) is 5. The zero-order valence-electron chi connectivity index (χ0n) is 13.1. The molecule has 1 aliphatic heterocycles. The van der Waals surface area contributed by atoms with Gasteiger partial charge in [0.05, 0.1) is 7.11 Å². The fourth-order valence-electron chi connectivity index (χ4n) is 3.08. The number of methoxy groups -OCH3 is 1. The van der Waals surface area contributed by atoms with Gasteiger partial charge in [0.2, 0.25) is 0 Å². The fraction of sp³-hybridized carbons (Fsp3) is 0.929. The molecule has 0 aromatic heterocycles. The molecule has 1 fully saturated rings. The molecule has 1 saturated heterocycles. The topological polar surface area (TPSA) is 58.8 Å². The molecule has 0 aromatic rings. The molecule has 0 saturated carbocycles. The second kappa shape index (κ2) is 6.20. The van der Waals surface area contributed by atoms with Crippen molar-refractivity contribution in [3.05, 3.63) is 0 Å². The summed E-state index contributed by atoms with van der Waals surface area (Å²) in [6.45, 7) is 8.25. The van der Waals surface area contributed by atoms with Gasteiger partial charge in [-0.25, -0.2) is 0 Å². The third kappa shape index (κ3) is 3.91. The summed E-state index contributed by atoms with van der Waals surface area (Å²) in [5.41, 5.74) is 5.15. The minimum Gasteiger partial charge on any atom is -0.468 e. The van der Waals surface area contributed by atoms with E-state index in [0.29, 0.717) is 18.4 Å². The zero-order chi connectivity index (χ0) is 14.8. The fourth-order valence-corrected chi connectivity index (χ4v) is 3.08. The van der Waals surface area contributed by atoms with Crippen molar-refractivity contribution in [2.75, 3.05) is 34.3 Å². The van der Waals surface area contributed by atoms with Gasteiger partial charge in [-0.2, -0.15) is 0 Å². The minimum atomic E-state index is -0.909. The smallest absolute Gasteiger partial charge is 0.325 e. The number of likely N-dealkylation sites (tertiary alicyclic amines) is 1. The zero-order valence-corrected chi connectivity index (χ0v) is 13.1. The minimum absolute atomic E-state index is 0.279. The van der Waals surface area contributed by atoms with Gasteiger partial charge in [0, 0.05) is 25.2 Å². The molecule has 112 valence electrons. The highest BCUT2D eigenvalue weighted by atomic mass is 16.5. The third-order valence-corrected chi connectivity index (χ3v) is 4.26. The van der Waals surface area contributed by atoms with Crippen molar-refractivity contribution in [3.8, 4) is 0 Å². The van der Waals surface area contributed by atoms with Crippen LogP contribution in [0.3, 0.4) is 0 Å². The van der Waals surface area contributed by atoms with Gasteiger partial charge in [0.25, 0.3) is 0 Å². The SMILES string of the molecule is COC(=O)C(C)(N)CC(C)N1CC(C)C(N(C)C)C1. The normalized spacial score (nSPS) is 29.3. The Morgan fingerprint density at radius 2 is 2.11 bits per heavy atom. The van der Waals surface area contributed by atoms with Crippen LogP contribution in [-0.2, 0) is 9.53 Å². The van der Waals surface area contributed by atoms with Crippen molar-refractivity contribution in [2.24, 2.45) is 11.7 Å². The van der Waals surface area contributed by atoms with Gasteiger partial charge in [-0.1, -0.05) is 6.92 Å². The maximum Gasteiger partial charge on any atom is 0.325 e. The predicted molar refractivity (Wildman–Crippen MR) is 76.9 cm³/mol. The molecule has 0 aromatic carbocycles. The summed E-state index contributed by atoms with van der Waals surface area (Å²) in [5.74, 6) is 0.301. The Balaban J connectivity index is 2.60. The maximum atomic E-state index is 11.6. The largest absolute Gasteiger partial charge is 0.468 e. The Hall–Kier alpha value is -0.650. The van der Waals surface area contributed by atoms with Crippen LogP contribution in [0.25, 0.3) is 0 Å². The highest BCUT2D eigenvalue weighted by Crippen LogP contribution is 2.25. The Morgan fingerprint density at radius 3 is 2.53 bits per heavy atom. The van der Waals surface area contributed by atoms with Crippen LogP contribution in [0.2, 0.25) is 0 Å². The third-order valence-electron chi connectivity index (χ3n) is 4.26. The standard InChI is InChI=1S/C14H29N3O2/c1-10-8-17(9-12(10)16(4)5)11(2)7-14(3,15)13(18)19-6/h10-12H,7-9,15H2,1-6H3. The molecule has 1 rings (SSSR count). The van der Waals surface area contributed by atoms with Crippen LogP contribution < -0.4 is 5.73 Å². The maximum absolute atomic E-state index is 11.6. The highest BCUT2D eigenvalue weighted by molar-refractivity contribution is 5.79. The first-order valence-corrected chi connectivity index (χ1v) is 6.96. The van der Waals surface area contributed by atoms with E-state index in [-0.39, 0.29) is 12.0 Å². The van der Waals surface area contributed by atoms with Crippen molar-refractivity contribution in [1.29, 1.82) is 0 Å². The van der Waals surface area contributed by atoms with E-state index >= 15 is 0 Å². The van der Waals surface area contributed by atoms with Gasteiger partial charge >= 0.3 is 5.97 Å². The van der Waals surface area contributed by atoms with Crippen LogP contribution in [0.1, 0.15) is 27.2 Å². The molecule has 4 atom stereocenters. The van der Waals surface area contributed by atoms with E-state index in [0.717, 1.165) is 13.1 Å². The second-order valence-corrected chi connectivity index (χ2v) is 6.42. The van der Waals surface area contributed by atoms with E-state index in [1.54, 1.807) is 6.92 Å². The molecule has 0 radical (unpaired) electrons. The van der Waals surface area contributed by atoms with Gasteiger partial charge in [0.15, 0.2) is 0 Å². The Bertz CT molecular complexity index is 318. The number of nitrogens with two attached hydrogens (primary N) is 1. The number of hydrogen-bond donors (Lipinski definition) is 1. The summed E-state index contributed by atoms with van der Waals surface area (Å²) in [6.07, 6.45) is 0.618. The van der Waals surface area contributed by atoms with Gasteiger partial charge in [-0.05, 0) is 40.3 Å². The summed E-state index contributed by atoms with van der Waals surface area (Å²) in [7, 11) is 5.63. The Kier molecular flexibility index (Phi) is 5.35. The van der Waals surface area contributed by atoms with Crippen LogP contribution in [-0.4, -0.2) is 67.7 Å². The lowest BCUT2D eigenvalue weighted by atomic mass is 9.94. The first kappa shape index (κ1) is 16.4. The number of rotatable bonds is 5. The van der Waals surface area contributed by atoms with Gasteiger partial charge in [-0.15, -0.1) is 0 Å². The molecule has 0 aliphatic carbocycles. The Morgan fingerprint density at radius 1 is 1.53 bits per heavy atom. The van der Waals surface area contributed by atoms with Gasteiger partial charge in [0.1, 0.15) is 5.54 Å². The van der Waals surface area contributed by atoms with E-state index < -0.39 is 5.54 Å². The van der Waals surface area contributed by atoms with E-state index in [4.69, 9.17) is 10.5 Å². The van der Waals surface area contributed by atoms with Crippen molar-refractivity contribution < 1.29 is 9.53 Å². The molecular formula is C14H29N3O2. The lowest BCUT2D eigenvalue weighted by Crippen LogP contribution is -2.50. The molecule has 1 aliphatic rings. The molecule has 0 amide bonds. The molecule has 0 spiro atoms. The average molecular weight is 271 g/mol. The monoisotopic (exact) mass is 271 g/mol. The lowest BCUT2D eigenvalue weighted by Gasteiger charge is -2.31. The number of nitrogens with zero attached hydrogens (tertiary/aromatic N) is 2. The van der Waals surface area contributed by atoms with E-state index in [9.17, 15) is 4.79 Å². The van der Waals surface area contributed by atoms with Crippen LogP contribution in [0, 0.1) is 5.92 Å². The van der Waals surface area contributed by atoms with Crippen LogP contribution in [0.4, 0.5) is 0 Å². The van der Waals surface area contributed by atoms with Crippen molar-refractivity contribution >= 4 is 5.97 Å². The van der Waals surface area contributed by atoms with E-state index in [1.807, 2.05) is 0 Å². The lowest BCUT2D eigenvalue weighted by molar-refractivity contribution is -0.147. The second-order valence-electron chi connectivity index (χ2n) is 6.42. The average Bonchev–Trinajstić information content (AvgIpc) is 2.69. The molecule has 2 N–H and O–H groups in total. The summed E-state index contributed by atoms with van der Waals surface area (Å²) < 4.78 is 4.77. The molecular weight excluding hydrogens is 242 g/mol. The predicted octanol–water partition coefficient (Wildman–Crippen LogP) is 0.537.